The van der Waals surface area contributed by atoms with Crippen LogP contribution in [0.25, 0.3) is 6.08 Å². The van der Waals surface area contributed by atoms with Crippen molar-refractivity contribution in [1.29, 1.82) is 0 Å². The molecule has 0 aromatic heterocycles. The molecular formula is C41H35N3O9. The molecule has 2 amide bonds. The van der Waals surface area contributed by atoms with E-state index in [0.717, 1.165) is 5.56 Å². The molecule has 0 aliphatic heterocycles. The number of esters is 2. The molecule has 5 rings (SSSR count). The van der Waals surface area contributed by atoms with Crippen LogP contribution in [0.3, 0.4) is 0 Å². The van der Waals surface area contributed by atoms with E-state index in [9.17, 15) is 19.2 Å². The maximum absolute atomic E-state index is 13.1. The van der Waals surface area contributed by atoms with E-state index in [2.05, 4.69) is 15.8 Å². The number of carbonyl (C=O) groups excluding carboxylic acids is 4. The fourth-order valence-electron chi connectivity index (χ4n) is 4.97. The third kappa shape index (κ3) is 10.2. The lowest BCUT2D eigenvalue weighted by atomic mass is 10.1. The molecule has 0 aliphatic rings. The summed E-state index contributed by atoms with van der Waals surface area (Å²) in [6.07, 6.45) is 4.22. The monoisotopic (exact) mass is 713 g/mol. The van der Waals surface area contributed by atoms with Gasteiger partial charge in [-0.25, -0.2) is 15.0 Å². The van der Waals surface area contributed by atoms with Crippen molar-refractivity contribution < 1.29 is 42.9 Å². The van der Waals surface area contributed by atoms with E-state index >= 15 is 0 Å². The quantitative estimate of drug-likeness (QED) is 0.0432. The van der Waals surface area contributed by atoms with Crippen molar-refractivity contribution in [3.8, 4) is 28.7 Å². The topological polar surface area (TPSA) is 151 Å². The highest BCUT2D eigenvalue weighted by atomic mass is 16.5. The highest BCUT2D eigenvalue weighted by molar-refractivity contribution is 5.97. The molecule has 0 fully saturated rings. The highest BCUT2D eigenvalue weighted by Gasteiger charge is 2.19. The smallest absolute Gasteiger partial charge is 0.343 e. The number of benzene rings is 5. The third-order valence-corrected chi connectivity index (χ3v) is 7.56. The van der Waals surface area contributed by atoms with Gasteiger partial charge in [-0.15, -0.1) is 0 Å². The summed E-state index contributed by atoms with van der Waals surface area (Å²) in [4.78, 5) is 51.0. The summed E-state index contributed by atoms with van der Waals surface area (Å²) < 4.78 is 27.2. The molecule has 5 aromatic carbocycles. The number of amides is 2. The first-order valence-electron chi connectivity index (χ1n) is 16.1. The fraction of sp³-hybridized carbons (Fsp3) is 0.0976. The fourth-order valence-corrected chi connectivity index (χ4v) is 4.97. The van der Waals surface area contributed by atoms with Crippen LogP contribution in [0.15, 0.2) is 126 Å². The molecule has 0 bridgehead atoms. The van der Waals surface area contributed by atoms with Gasteiger partial charge in [0.25, 0.3) is 5.91 Å². The second-order valence-electron chi connectivity index (χ2n) is 11.1. The van der Waals surface area contributed by atoms with Gasteiger partial charge in [-0.1, -0.05) is 60.7 Å². The molecule has 53 heavy (non-hydrogen) atoms. The summed E-state index contributed by atoms with van der Waals surface area (Å²) in [5.41, 5.74) is 5.23. The molecule has 0 unspecified atom stereocenters. The second-order valence-corrected chi connectivity index (χ2v) is 11.1. The lowest BCUT2D eigenvalue weighted by Gasteiger charge is -2.14. The minimum Gasteiger partial charge on any atom is -0.493 e. The summed E-state index contributed by atoms with van der Waals surface area (Å²) in [7, 11) is 4.34. The van der Waals surface area contributed by atoms with Crippen molar-refractivity contribution in [2.75, 3.05) is 26.6 Å². The molecule has 0 aliphatic carbocycles. The maximum atomic E-state index is 13.1. The highest BCUT2D eigenvalue weighted by Crippen LogP contribution is 2.38. The number of rotatable bonds is 14. The number of methoxy groups -OCH3 is 3. The van der Waals surface area contributed by atoms with E-state index in [1.165, 1.54) is 51.8 Å². The molecule has 268 valence electrons. The van der Waals surface area contributed by atoms with E-state index in [1.807, 2.05) is 30.3 Å². The lowest BCUT2D eigenvalue weighted by molar-refractivity contribution is -0.129. The number of para-hydroxylation sites is 2. The van der Waals surface area contributed by atoms with Crippen LogP contribution in [0.4, 0.5) is 5.69 Å². The Morgan fingerprint density at radius 3 is 1.89 bits per heavy atom. The minimum absolute atomic E-state index is 0.158. The molecule has 0 spiro atoms. The number of hydrogen-bond donors (Lipinski definition) is 2. The summed E-state index contributed by atoms with van der Waals surface area (Å²) >= 11 is 0. The van der Waals surface area contributed by atoms with Crippen molar-refractivity contribution in [1.82, 2.24) is 5.43 Å². The number of hydrogen-bond acceptors (Lipinski definition) is 10. The van der Waals surface area contributed by atoms with Crippen LogP contribution < -0.4 is 34.4 Å². The Kier molecular flexibility index (Phi) is 12.7. The zero-order valence-corrected chi connectivity index (χ0v) is 29.0. The zero-order chi connectivity index (χ0) is 37.6. The largest absolute Gasteiger partial charge is 0.493 e. The Labute approximate surface area is 305 Å². The summed E-state index contributed by atoms with van der Waals surface area (Å²) in [6.45, 7) is 0. The predicted octanol–water partition coefficient (Wildman–Crippen LogP) is 6.50. The van der Waals surface area contributed by atoms with E-state index in [-0.39, 0.29) is 40.9 Å². The molecule has 0 saturated heterocycles. The molecule has 0 radical (unpaired) electrons. The van der Waals surface area contributed by atoms with Crippen LogP contribution in [-0.2, 0) is 16.0 Å². The number of ether oxygens (including phenoxy) is 5. The average molecular weight is 714 g/mol. The number of carbonyl (C=O) groups is 4. The average Bonchev–Trinajstić information content (AvgIpc) is 3.18. The standard InChI is InChI=1S/C41H35N3O9/c1-49-35-24-31(25-36(50-2)39(35)51-3)41(48)53-33-15-9-7-13-28(33)19-22-38(46)52-34-16-10-8-14-30(34)26-42-44-40(47)29-17-20-32(21-18-29)43-37(45)23-27-11-5-4-6-12-27/h4-22,24-26H,23H2,1-3H3,(H,43,45)(H,44,47)/b22-19+,42-26+. The van der Waals surface area contributed by atoms with Gasteiger partial charge in [0.05, 0.1) is 39.5 Å². The first kappa shape index (κ1) is 37.1. The van der Waals surface area contributed by atoms with Crippen molar-refractivity contribution in [3.05, 3.63) is 149 Å². The Bertz CT molecular complexity index is 2120. The Balaban J connectivity index is 1.17. The van der Waals surface area contributed by atoms with Crippen LogP contribution in [-0.4, -0.2) is 51.3 Å². The van der Waals surface area contributed by atoms with Gasteiger partial charge in [-0.05, 0) is 66.2 Å². The maximum Gasteiger partial charge on any atom is 0.343 e. The Morgan fingerprint density at radius 1 is 0.642 bits per heavy atom. The SMILES string of the molecule is COc1cc(C(=O)Oc2ccccc2/C=C/C(=O)Oc2ccccc2/C=N/NC(=O)c2ccc(NC(=O)Cc3ccccc3)cc2)cc(OC)c1OC. The van der Waals surface area contributed by atoms with Gasteiger partial charge < -0.3 is 29.0 Å². The van der Waals surface area contributed by atoms with Crippen molar-refractivity contribution in [2.24, 2.45) is 5.10 Å². The van der Waals surface area contributed by atoms with E-state index < -0.39 is 17.8 Å². The van der Waals surface area contributed by atoms with Crippen LogP contribution in [0.2, 0.25) is 0 Å². The second kappa shape index (κ2) is 18.2. The van der Waals surface area contributed by atoms with Crippen molar-refractivity contribution in [3.63, 3.8) is 0 Å². The van der Waals surface area contributed by atoms with Crippen LogP contribution in [0.1, 0.15) is 37.4 Å². The van der Waals surface area contributed by atoms with Crippen LogP contribution in [0, 0.1) is 0 Å². The molecular weight excluding hydrogens is 678 g/mol. The molecule has 0 heterocycles. The normalized spacial score (nSPS) is 10.8. The van der Waals surface area contributed by atoms with Gasteiger partial charge in [0, 0.05) is 28.5 Å². The van der Waals surface area contributed by atoms with Gasteiger partial charge in [0.15, 0.2) is 11.5 Å². The minimum atomic E-state index is -0.711. The molecule has 0 atom stereocenters. The molecule has 12 nitrogen and oxygen atoms in total. The van der Waals surface area contributed by atoms with Crippen LogP contribution >= 0.6 is 0 Å². The summed E-state index contributed by atoms with van der Waals surface area (Å²) in [5.74, 6) is -0.761. The van der Waals surface area contributed by atoms with Gasteiger partial charge >= 0.3 is 11.9 Å². The lowest BCUT2D eigenvalue weighted by Crippen LogP contribution is -2.18. The van der Waals surface area contributed by atoms with Crippen molar-refractivity contribution in [2.45, 2.75) is 6.42 Å². The Morgan fingerprint density at radius 2 is 1.25 bits per heavy atom. The molecule has 0 saturated carbocycles. The third-order valence-electron chi connectivity index (χ3n) is 7.56. The van der Waals surface area contributed by atoms with E-state index in [4.69, 9.17) is 23.7 Å². The van der Waals surface area contributed by atoms with E-state index in [1.54, 1.807) is 72.8 Å². The summed E-state index contributed by atoms with van der Waals surface area (Å²) in [5, 5.41) is 6.83. The van der Waals surface area contributed by atoms with Gasteiger partial charge in [-0.3, -0.25) is 9.59 Å². The molecule has 2 N–H and O–H groups in total. The van der Waals surface area contributed by atoms with Crippen molar-refractivity contribution >= 4 is 41.7 Å². The van der Waals surface area contributed by atoms with E-state index in [0.29, 0.717) is 28.1 Å². The summed E-state index contributed by atoms with van der Waals surface area (Å²) in [6, 6.07) is 32.0. The molecule has 5 aromatic rings. The first-order valence-corrected chi connectivity index (χ1v) is 16.1. The van der Waals surface area contributed by atoms with Crippen LogP contribution in [0.5, 0.6) is 28.7 Å². The van der Waals surface area contributed by atoms with Gasteiger partial charge in [0.1, 0.15) is 11.5 Å². The number of nitrogens with zero attached hydrogens (tertiary/aromatic N) is 1. The van der Waals surface area contributed by atoms with Gasteiger partial charge in [0.2, 0.25) is 11.7 Å². The molecule has 12 heteroatoms. The predicted molar refractivity (Wildman–Crippen MR) is 199 cm³/mol. The number of hydrazone groups is 1. The first-order chi connectivity index (χ1) is 25.8. The number of anilines is 1. The number of nitrogens with one attached hydrogen (secondary N) is 2. The zero-order valence-electron chi connectivity index (χ0n) is 29.0. The Hall–Kier alpha value is -7.21. The van der Waals surface area contributed by atoms with Gasteiger partial charge in [-0.2, -0.15) is 5.10 Å².